The molecule has 0 saturated carbocycles. The van der Waals surface area contributed by atoms with Crippen molar-refractivity contribution in [1.29, 1.82) is 5.26 Å². The molecule has 12 heteroatoms. The van der Waals surface area contributed by atoms with Crippen molar-refractivity contribution in [2.45, 2.75) is 25.6 Å². The third kappa shape index (κ3) is 6.78. The zero-order valence-corrected chi connectivity index (χ0v) is 27.0. The molecule has 45 heavy (non-hydrogen) atoms. The van der Waals surface area contributed by atoms with Crippen LogP contribution in [0.3, 0.4) is 0 Å². The Labute approximate surface area is 274 Å². The Bertz CT molecular complexity index is 1810. The van der Waals surface area contributed by atoms with E-state index in [1.165, 1.54) is 40.1 Å². The van der Waals surface area contributed by atoms with Gasteiger partial charge >= 0.3 is 0 Å². The third-order valence-electron chi connectivity index (χ3n) is 7.68. The van der Waals surface area contributed by atoms with Crippen LogP contribution in [0.2, 0.25) is 0 Å². The van der Waals surface area contributed by atoms with Crippen molar-refractivity contribution >= 4 is 68.2 Å². The molecule has 5 rings (SSSR count). The predicted octanol–water partition coefficient (Wildman–Crippen LogP) is 5.33. The van der Waals surface area contributed by atoms with Gasteiger partial charge in [-0.3, -0.25) is 14.4 Å². The highest BCUT2D eigenvalue weighted by Gasteiger charge is 2.38. The van der Waals surface area contributed by atoms with Gasteiger partial charge in [0.25, 0.3) is 11.8 Å². The molecule has 0 radical (unpaired) electrons. The number of hydrogen-bond acceptors (Lipinski definition) is 6. The molecule has 4 aromatic rings. The number of rotatable bonds is 7. The number of ether oxygens (including phenoxy) is 1. The monoisotopic (exact) mass is 693 g/mol. The van der Waals surface area contributed by atoms with Crippen LogP contribution in [-0.4, -0.2) is 50.5 Å². The Hall–Kier alpha value is -4.50. The van der Waals surface area contributed by atoms with E-state index in [1.807, 2.05) is 30.3 Å². The van der Waals surface area contributed by atoms with Crippen LogP contribution in [0.1, 0.15) is 28.4 Å². The first-order chi connectivity index (χ1) is 21.1. The number of carbonyl (C=O) groups is 3. The van der Waals surface area contributed by atoms with E-state index in [2.05, 4.69) is 32.6 Å². The van der Waals surface area contributed by atoms with E-state index in [-0.39, 0.29) is 36.6 Å². The molecule has 2 N–H and O–H groups in total. The fourth-order valence-electron chi connectivity index (χ4n) is 5.20. The zero-order valence-electron chi connectivity index (χ0n) is 24.6. The van der Waals surface area contributed by atoms with Crippen molar-refractivity contribution in [2.75, 3.05) is 30.5 Å². The van der Waals surface area contributed by atoms with Gasteiger partial charge in [0.15, 0.2) is 0 Å². The number of methoxy groups -OCH3 is 1. The van der Waals surface area contributed by atoms with Crippen molar-refractivity contribution in [3.8, 4) is 11.8 Å². The molecule has 232 valence electrons. The van der Waals surface area contributed by atoms with Crippen LogP contribution in [0.4, 0.5) is 15.8 Å². The van der Waals surface area contributed by atoms with E-state index in [9.17, 15) is 24.0 Å². The van der Waals surface area contributed by atoms with Crippen LogP contribution in [0.25, 0.3) is 10.8 Å². The van der Waals surface area contributed by atoms with Gasteiger partial charge in [-0.25, -0.2) is 4.39 Å². The summed E-state index contributed by atoms with van der Waals surface area (Å²) in [4.78, 5) is 44.3. The molecule has 0 spiro atoms. The van der Waals surface area contributed by atoms with Crippen LogP contribution >= 0.6 is 28.3 Å². The average Bonchev–Trinajstić information content (AvgIpc) is 3.14. The summed E-state index contributed by atoms with van der Waals surface area (Å²) in [7, 11) is 3.17. The maximum Gasteiger partial charge on any atom is 0.258 e. The minimum atomic E-state index is -1.16. The topological polar surface area (TPSA) is 115 Å². The highest BCUT2D eigenvalue weighted by molar-refractivity contribution is 9.10. The van der Waals surface area contributed by atoms with Gasteiger partial charge in [0.05, 0.1) is 49.2 Å². The quantitative estimate of drug-likeness (QED) is 0.271. The molecule has 0 saturated heterocycles. The van der Waals surface area contributed by atoms with Gasteiger partial charge in [0.1, 0.15) is 17.6 Å². The lowest BCUT2D eigenvalue weighted by atomic mass is 10.0. The molecular formula is C33H30BrClFN5O4. The summed E-state index contributed by atoms with van der Waals surface area (Å²) in [5, 5.41) is 17.2. The van der Waals surface area contributed by atoms with Crippen LogP contribution < -0.4 is 25.2 Å². The molecule has 1 aliphatic heterocycles. The lowest BCUT2D eigenvalue weighted by molar-refractivity contribution is -0.128. The van der Waals surface area contributed by atoms with Crippen molar-refractivity contribution in [3.63, 3.8) is 0 Å². The molecule has 3 amide bonds. The Morgan fingerprint density at radius 1 is 1.09 bits per heavy atom. The minimum absolute atomic E-state index is 0. The lowest BCUT2D eigenvalue weighted by Crippen LogP contribution is -2.55. The second kappa shape index (κ2) is 14.1. The van der Waals surface area contributed by atoms with E-state index >= 15 is 0 Å². The first kappa shape index (κ1) is 33.4. The number of amides is 3. The molecule has 1 heterocycles. The van der Waals surface area contributed by atoms with E-state index in [1.54, 1.807) is 33.2 Å². The molecule has 0 aromatic heterocycles. The molecule has 9 nitrogen and oxygen atoms in total. The fourth-order valence-corrected chi connectivity index (χ4v) is 5.58. The highest BCUT2D eigenvalue weighted by Crippen LogP contribution is 2.38. The SMILES string of the molecule is CNC(C)C(=O)NC1CN(C(=O)c2ccc(F)cc2)c2cc(C#N)ccc2N(Cc2c(OC)ccc3cc(Br)ccc23)C1=O.Cl. The number of likely N-dealkylation sites (N-methyl/N-ethyl adjacent to an activating group) is 1. The molecule has 2 unspecified atom stereocenters. The number of anilines is 2. The minimum Gasteiger partial charge on any atom is -0.496 e. The van der Waals surface area contributed by atoms with E-state index in [4.69, 9.17) is 4.74 Å². The van der Waals surface area contributed by atoms with Crippen LogP contribution in [0.5, 0.6) is 5.75 Å². The van der Waals surface area contributed by atoms with E-state index in [0.717, 1.165) is 15.2 Å². The lowest BCUT2D eigenvalue weighted by Gasteiger charge is -2.27. The zero-order chi connectivity index (χ0) is 31.5. The molecule has 4 aromatic carbocycles. The second-order valence-corrected chi connectivity index (χ2v) is 11.3. The molecule has 1 aliphatic rings. The van der Waals surface area contributed by atoms with Gasteiger partial charge < -0.3 is 25.2 Å². The largest absolute Gasteiger partial charge is 0.496 e. The Morgan fingerprint density at radius 2 is 1.82 bits per heavy atom. The summed E-state index contributed by atoms with van der Waals surface area (Å²) in [5.41, 5.74) is 1.82. The fraction of sp³-hybridized carbons (Fsp3) is 0.212. The van der Waals surface area contributed by atoms with Crippen molar-refractivity contribution in [1.82, 2.24) is 10.6 Å². The maximum atomic E-state index is 14.4. The second-order valence-electron chi connectivity index (χ2n) is 10.3. The predicted molar refractivity (Wildman–Crippen MR) is 176 cm³/mol. The summed E-state index contributed by atoms with van der Waals surface area (Å²) in [6.45, 7) is 1.46. The molecule has 0 bridgehead atoms. The Kier molecular flexibility index (Phi) is 10.4. The summed E-state index contributed by atoms with van der Waals surface area (Å²) in [6.07, 6.45) is 0. The molecule has 0 aliphatic carbocycles. The van der Waals surface area contributed by atoms with Gasteiger partial charge in [-0.05, 0) is 85.4 Å². The number of halogens is 3. The number of carbonyl (C=O) groups excluding carboxylic acids is 3. The maximum absolute atomic E-state index is 14.4. The first-order valence-electron chi connectivity index (χ1n) is 13.8. The Balaban J connectivity index is 0.00000461. The molecule has 0 fully saturated rings. The third-order valence-corrected chi connectivity index (χ3v) is 8.17. The number of fused-ring (bicyclic) bond motifs is 2. The van der Waals surface area contributed by atoms with Crippen molar-refractivity contribution < 1.29 is 23.5 Å². The van der Waals surface area contributed by atoms with E-state index in [0.29, 0.717) is 22.7 Å². The first-order valence-corrected chi connectivity index (χ1v) is 14.6. The molecule has 2 atom stereocenters. The highest BCUT2D eigenvalue weighted by atomic mass is 79.9. The van der Waals surface area contributed by atoms with Crippen LogP contribution in [0, 0.1) is 17.1 Å². The normalized spacial score (nSPS) is 14.9. The number of nitrogens with zero attached hydrogens (tertiary/aromatic N) is 3. The van der Waals surface area contributed by atoms with Gasteiger partial charge in [0.2, 0.25) is 5.91 Å². The van der Waals surface area contributed by atoms with Crippen molar-refractivity contribution in [2.24, 2.45) is 0 Å². The smallest absolute Gasteiger partial charge is 0.258 e. The van der Waals surface area contributed by atoms with Gasteiger partial charge in [-0.15, -0.1) is 12.4 Å². The summed E-state index contributed by atoms with van der Waals surface area (Å²) in [5.74, 6) is -1.37. The number of hydrogen-bond donors (Lipinski definition) is 2. The Morgan fingerprint density at radius 3 is 2.49 bits per heavy atom. The molecular weight excluding hydrogens is 665 g/mol. The average molecular weight is 695 g/mol. The van der Waals surface area contributed by atoms with Gasteiger partial charge in [-0.1, -0.05) is 28.1 Å². The standard InChI is InChI=1S/C33H29BrFN5O4.ClH/c1-19(37-2)31(41)38-27-18-40(32(42)21-5-9-24(35)10-6-21)29-14-20(16-36)4-12-28(29)39(33(27)43)17-26-25-11-8-23(34)15-22(25)7-13-30(26)44-3;/h4-15,19,27,37H,17-18H2,1-3H3,(H,38,41);1H. The van der Waals surface area contributed by atoms with Gasteiger partial charge in [-0.2, -0.15) is 5.26 Å². The van der Waals surface area contributed by atoms with Crippen LogP contribution in [-0.2, 0) is 16.1 Å². The van der Waals surface area contributed by atoms with Gasteiger partial charge in [0, 0.05) is 15.6 Å². The van der Waals surface area contributed by atoms with Crippen LogP contribution in [0.15, 0.2) is 77.3 Å². The number of nitrogens with one attached hydrogen (secondary N) is 2. The summed E-state index contributed by atoms with van der Waals surface area (Å²) >= 11 is 3.51. The van der Waals surface area contributed by atoms with E-state index < -0.39 is 35.6 Å². The number of nitriles is 1. The van der Waals surface area contributed by atoms with Crippen molar-refractivity contribution in [3.05, 3.63) is 99.8 Å². The summed E-state index contributed by atoms with van der Waals surface area (Å²) in [6, 6.07) is 19.6. The number of benzene rings is 4. The summed E-state index contributed by atoms with van der Waals surface area (Å²) < 4.78 is 20.3.